The number of nitrogens with zero attached hydrogens (tertiary/aromatic N) is 1. The van der Waals surface area contributed by atoms with E-state index in [2.05, 4.69) is 75.1 Å². The Balaban J connectivity index is 0.000000215. The summed E-state index contributed by atoms with van der Waals surface area (Å²) in [5, 5.41) is 12.2. The summed E-state index contributed by atoms with van der Waals surface area (Å²) in [7, 11) is 0. The molecule has 5 rings (SSSR count). The minimum Gasteiger partial charge on any atom is -0.512 e. The van der Waals surface area contributed by atoms with Gasteiger partial charge < -0.3 is 10.1 Å². The second-order valence-electron chi connectivity index (χ2n) is 11.9. The number of rotatable bonds is 7. The van der Waals surface area contributed by atoms with Crippen LogP contribution in [0.25, 0.3) is 22.0 Å². The molecule has 3 aromatic rings. The number of pyridine rings is 1. The zero-order valence-corrected chi connectivity index (χ0v) is 26.5. The molecule has 1 N–H and O–H groups in total. The van der Waals surface area contributed by atoms with Crippen molar-refractivity contribution < 1.29 is 30.0 Å². The van der Waals surface area contributed by atoms with Gasteiger partial charge >= 0.3 is 0 Å². The summed E-state index contributed by atoms with van der Waals surface area (Å²) in [6, 6.07) is 16.5. The monoisotopic (exact) mass is 703 g/mol. The van der Waals surface area contributed by atoms with Crippen molar-refractivity contribution in [3.63, 3.8) is 0 Å². The van der Waals surface area contributed by atoms with Crippen molar-refractivity contribution >= 4 is 16.6 Å². The number of hydrogen-bond donors (Lipinski definition) is 1. The first-order valence-corrected chi connectivity index (χ1v) is 14.6. The SMILES string of the molecule is Cc1[c-]c(-c2nccc3cc(C(C)C)ccc23)cc(C)c1.O=C(/C=C(\O)CC1CCCC1)CC1CCCC1.[Ir]. The minimum atomic E-state index is 0. The number of ketones is 1. The Kier molecular flexibility index (Phi) is 11.9. The fraction of sp³-hybridized carbons (Fsp3) is 0.486. The van der Waals surface area contributed by atoms with Gasteiger partial charge in [0.05, 0.1) is 5.76 Å². The van der Waals surface area contributed by atoms with Gasteiger partial charge in [0.1, 0.15) is 0 Å². The molecule has 0 spiro atoms. The zero-order valence-electron chi connectivity index (χ0n) is 24.1. The van der Waals surface area contributed by atoms with Crippen LogP contribution in [0.5, 0.6) is 0 Å². The molecule has 4 heteroatoms. The predicted molar refractivity (Wildman–Crippen MR) is 158 cm³/mol. The van der Waals surface area contributed by atoms with Gasteiger partial charge in [-0.3, -0.25) is 4.79 Å². The molecular formula is C35H44IrNO2-. The number of hydrogen-bond acceptors (Lipinski definition) is 3. The molecule has 0 bridgehead atoms. The molecule has 0 unspecified atom stereocenters. The number of aliphatic hydroxyl groups is 1. The topological polar surface area (TPSA) is 50.2 Å². The van der Waals surface area contributed by atoms with Crippen LogP contribution in [0.2, 0.25) is 0 Å². The average molecular weight is 703 g/mol. The van der Waals surface area contributed by atoms with Crippen LogP contribution in [-0.2, 0) is 24.9 Å². The summed E-state index contributed by atoms with van der Waals surface area (Å²) in [5.74, 6) is 2.19. The standard InChI is InChI=1S/C20H20N.C15H24O2.Ir/c1-13(2)16-5-6-19-17(12-16)7-8-21-20(19)18-10-14(3)9-15(4)11-18;16-14(9-12-5-1-2-6-12)11-15(17)10-13-7-3-4-8-13;/h5-10,12-13H,1-4H3;11-13,16H,1-10H2;/q-1;;/b;14-11-;. The third-order valence-electron chi connectivity index (χ3n) is 8.12. The van der Waals surface area contributed by atoms with Crippen LogP contribution in [-0.4, -0.2) is 15.9 Å². The molecule has 2 aliphatic carbocycles. The van der Waals surface area contributed by atoms with Gasteiger partial charge in [0.25, 0.3) is 0 Å². The van der Waals surface area contributed by atoms with Crippen LogP contribution >= 0.6 is 0 Å². The van der Waals surface area contributed by atoms with E-state index in [9.17, 15) is 9.90 Å². The first kappa shape index (κ1) is 31.2. The van der Waals surface area contributed by atoms with Crippen LogP contribution in [0.3, 0.4) is 0 Å². The van der Waals surface area contributed by atoms with E-state index in [0.29, 0.717) is 29.9 Å². The van der Waals surface area contributed by atoms with E-state index in [-0.39, 0.29) is 25.9 Å². The molecule has 3 nitrogen and oxygen atoms in total. The molecule has 1 aromatic heterocycles. The molecule has 1 heterocycles. The molecule has 2 aromatic carbocycles. The van der Waals surface area contributed by atoms with Crippen molar-refractivity contribution in [3.05, 3.63) is 77.2 Å². The Morgan fingerprint density at radius 2 is 1.62 bits per heavy atom. The van der Waals surface area contributed by atoms with Crippen molar-refractivity contribution in [1.29, 1.82) is 0 Å². The van der Waals surface area contributed by atoms with E-state index in [4.69, 9.17) is 0 Å². The maximum absolute atomic E-state index is 11.7. The Morgan fingerprint density at radius 1 is 0.974 bits per heavy atom. The van der Waals surface area contributed by atoms with Gasteiger partial charge in [-0.25, -0.2) is 0 Å². The van der Waals surface area contributed by atoms with Gasteiger partial charge in [0.2, 0.25) is 0 Å². The van der Waals surface area contributed by atoms with Gasteiger partial charge in [0, 0.05) is 45.2 Å². The number of aromatic nitrogens is 1. The van der Waals surface area contributed by atoms with Crippen molar-refractivity contribution in [3.8, 4) is 11.3 Å². The summed E-state index contributed by atoms with van der Waals surface area (Å²) in [6.45, 7) is 8.65. The van der Waals surface area contributed by atoms with Gasteiger partial charge in [-0.1, -0.05) is 97.3 Å². The molecule has 0 atom stereocenters. The number of aryl methyl sites for hydroxylation is 2. The first-order valence-electron chi connectivity index (χ1n) is 14.6. The Labute approximate surface area is 248 Å². The molecule has 0 saturated heterocycles. The Hall–Kier alpha value is -2.29. The fourth-order valence-corrected chi connectivity index (χ4v) is 6.11. The average Bonchev–Trinajstić information content (AvgIpc) is 3.57. The third kappa shape index (κ3) is 9.12. The quantitative estimate of drug-likeness (QED) is 0.152. The van der Waals surface area contributed by atoms with E-state index in [1.54, 1.807) is 0 Å². The van der Waals surface area contributed by atoms with Crippen LogP contribution in [0, 0.1) is 31.7 Å². The number of allylic oxidation sites excluding steroid dienone is 2. The smallest absolute Gasteiger partial charge is 0.159 e. The Morgan fingerprint density at radius 3 is 2.23 bits per heavy atom. The van der Waals surface area contributed by atoms with Gasteiger partial charge in [0.15, 0.2) is 5.78 Å². The van der Waals surface area contributed by atoms with Gasteiger partial charge in [-0.05, 0) is 45.8 Å². The van der Waals surface area contributed by atoms with Crippen molar-refractivity contribution in [2.75, 3.05) is 0 Å². The molecule has 1 radical (unpaired) electrons. The second-order valence-corrected chi connectivity index (χ2v) is 11.9. The van der Waals surface area contributed by atoms with Crippen LogP contribution < -0.4 is 0 Å². The van der Waals surface area contributed by atoms with Crippen LogP contribution in [0.15, 0.2) is 54.4 Å². The van der Waals surface area contributed by atoms with E-state index in [1.165, 1.54) is 79.3 Å². The summed E-state index contributed by atoms with van der Waals surface area (Å²) < 4.78 is 0. The zero-order chi connectivity index (χ0) is 27.1. The molecular weight excluding hydrogens is 659 g/mol. The van der Waals surface area contributed by atoms with Gasteiger partial charge in [-0.15, -0.1) is 34.9 Å². The normalized spacial score (nSPS) is 16.3. The number of fused-ring (bicyclic) bond motifs is 1. The number of aliphatic hydroxyl groups excluding tert-OH is 1. The molecule has 39 heavy (non-hydrogen) atoms. The van der Waals surface area contributed by atoms with E-state index in [1.807, 2.05) is 6.20 Å². The van der Waals surface area contributed by atoms with E-state index >= 15 is 0 Å². The summed E-state index contributed by atoms with van der Waals surface area (Å²) in [6.07, 6.45) is 14.7. The van der Waals surface area contributed by atoms with Crippen LogP contribution in [0.1, 0.15) is 101 Å². The fourth-order valence-electron chi connectivity index (χ4n) is 6.11. The summed E-state index contributed by atoms with van der Waals surface area (Å²) in [4.78, 5) is 16.3. The number of carbonyl (C=O) groups excluding carboxylic acids is 1. The summed E-state index contributed by atoms with van der Waals surface area (Å²) >= 11 is 0. The molecule has 211 valence electrons. The van der Waals surface area contributed by atoms with Crippen molar-refractivity contribution in [2.24, 2.45) is 11.8 Å². The maximum Gasteiger partial charge on any atom is 0.159 e. The molecule has 2 saturated carbocycles. The molecule has 0 aliphatic heterocycles. The second kappa shape index (κ2) is 14.9. The van der Waals surface area contributed by atoms with E-state index < -0.39 is 0 Å². The molecule has 0 amide bonds. The number of carbonyl (C=O) groups is 1. The predicted octanol–water partition coefficient (Wildman–Crippen LogP) is 9.60. The Bertz CT molecular complexity index is 1250. The third-order valence-corrected chi connectivity index (χ3v) is 8.12. The first-order chi connectivity index (χ1) is 18.3. The summed E-state index contributed by atoms with van der Waals surface area (Å²) in [5.41, 5.74) is 5.87. The number of benzene rings is 2. The molecule has 2 fully saturated rings. The largest absolute Gasteiger partial charge is 0.512 e. The van der Waals surface area contributed by atoms with Crippen molar-refractivity contribution in [2.45, 2.75) is 97.8 Å². The minimum absolute atomic E-state index is 0. The molecule has 2 aliphatic rings. The maximum atomic E-state index is 11.7. The van der Waals surface area contributed by atoms with E-state index in [0.717, 1.165) is 23.2 Å². The van der Waals surface area contributed by atoms with Gasteiger partial charge in [-0.2, -0.15) is 0 Å². The van der Waals surface area contributed by atoms with Crippen LogP contribution in [0.4, 0.5) is 0 Å². The van der Waals surface area contributed by atoms with Crippen molar-refractivity contribution in [1.82, 2.24) is 4.98 Å².